The van der Waals surface area contributed by atoms with E-state index in [2.05, 4.69) is 46.8 Å². The first-order valence-electron chi connectivity index (χ1n) is 8.58. The Hall–Kier alpha value is -1.06. The molecule has 0 saturated heterocycles. The molecule has 0 saturated carbocycles. The molecule has 0 aromatic heterocycles. The Morgan fingerprint density at radius 3 is 2.41 bits per heavy atom. The van der Waals surface area contributed by atoms with Crippen molar-refractivity contribution < 1.29 is 9.84 Å². The van der Waals surface area contributed by atoms with Crippen LogP contribution in [0.15, 0.2) is 12.1 Å². The maximum absolute atomic E-state index is 10.3. The highest BCUT2D eigenvalue weighted by molar-refractivity contribution is 5.43. The zero-order valence-electron chi connectivity index (χ0n) is 14.9. The lowest BCUT2D eigenvalue weighted by atomic mass is 9.88. The van der Waals surface area contributed by atoms with Crippen LogP contribution in [0.2, 0.25) is 0 Å². The molecule has 3 unspecified atom stereocenters. The molecule has 3 nitrogen and oxygen atoms in total. The van der Waals surface area contributed by atoms with E-state index in [4.69, 9.17) is 10.5 Å². The average Bonchev–Trinajstić information content (AvgIpc) is 2.47. The minimum absolute atomic E-state index is 0.124. The van der Waals surface area contributed by atoms with Crippen molar-refractivity contribution in [2.75, 3.05) is 6.61 Å². The summed E-state index contributed by atoms with van der Waals surface area (Å²) in [5, 5.41) is 10.3. The van der Waals surface area contributed by atoms with Gasteiger partial charge in [-0.25, -0.2) is 0 Å². The molecule has 0 amide bonds. The van der Waals surface area contributed by atoms with Gasteiger partial charge in [-0.3, -0.25) is 0 Å². The molecule has 1 aromatic carbocycles. The Labute approximate surface area is 135 Å². The topological polar surface area (TPSA) is 55.5 Å². The third-order valence-electron chi connectivity index (χ3n) is 4.27. The maximum Gasteiger partial charge on any atom is 0.122 e. The zero-order chi connectivity index (χ0) is 16.7. The van der Waals surface area contributed by atoms with E-state index in [9.17, 15) is 5.11 Å². The van der Waals surface area contributed by atoms with Crippen LogP contribution in [0.4, 0.5) is 0 Å². The number of rotatable bonds is 9. The van der Waals surface area contributed by atoms with Crippen molar-refractivity contribution in [2.45, 2.75) is 78.4 Å². The van der Waals surface area contributed by atoms with Crippen molar-refractivity contribution in [3.63, 3.8) is 0 Å². The molecule has 0 heterocycles. The lowest BCUT2D eigenvalue weighted by molar-refractivity contribution is 0.124. The molecule has 0 spiro atoms. The Balaban J connectivity index is 2.81. The fraction of sp³-hybridized carbons (Fsp3) is 0.684. The van der Waals surface area contributed by atoms with Crippen LogP contribution >= 0.6 is 0 Å². The van der Waals surface area contributed by atoms with Crippen LogP contribution in [0.3, 0.4) is 0 Å². The number of nitrogens with two attached hydrogens (primary N) is 1. The van der Waals surface area contributed by atoms with E-state index in [1.54, 1.807) is 0 Å². The second-order valence-corrected chi connectivity index (χ2v) is 6.48. The van der Waals surface area contributed by atoms with Gasteiger partial charge in [0.2, 0.25) is 0 Å². The van der Waals surface area contributed by atoms with Gasteiger partial charge in [0.25, 0.3) is 0 Å². The highest BCUT2D eigenvalue weighted by Gasteiger charge is 2.20. The molecular formula is C19H33NO2. The van der Waals surface area contributed by atoms with Crippen molar-refractivity contribution in [1.29, 1.82) is 0 Å². The summed E-state index contributed by atoms with van der Waals surface area (Å²) in [7, 11) is 0. The average molecular weight is 307 g/mol. The quantitative estimate of drug-likeness (QED) is 0.723. The molecule has 0 aliphatic heterocycles. The highest BCUT2D eigenvalue weighted by Crippen LogP contribution is 2.30. The first kappa shape index (κ1) is 19.0. The summed E-state index contributed by atoms with van der Waals surface area (Å²) in [4.78, 5) is 0. The van der Waals surface area contributed by atoms with Gasteiger partial charge in [0.05, 0.1) is 12.7 Å². The molecule has 0 aliphatic rings. The lowest BCUT2D eigenvalue weighted by Gasteiger charge is -2.24. The number of aliphatic hydroxyl groups is 1. The predicted octanol–water partition coefficient (Wildman–Crippen LogP) is 4.07. The minimum atomic E-state index is -0.439. The second kappa shape index (κ2) is 9.16. The molecule has 0 bridgehead atoms. The van der Waals surface area contributed by atoms with Gasteiger partial charge in [-0.1, -0.05) is 33.3 Å². The maximum atomic E-state index is 10.3. The summed E-state index contributed by atoms with van der Waals surface area (Å²) in [5.74, 6) is 1.26. The third-order valence-corrected chi connectivity index (χ3v) is 4.27. The van der Waals surface area contributed by atoms with Gasteiger partial charge >= 0.3 is 0 Å². The van der Waals surface area contributed by atoms with Gasteiger partial charge in [-0.05, 0) is 61.8 Å². The summed E-state index contributed by atoms with van der Waals surface area (Å²) in [6.45, 7) is 11.3. The van der Waals surface area contributed by atoms with Gasteiger partial charge in [0.15, 0.2) is 0 Å². The van der Waals surface area contributed by atoms with Crippen LogP contribution < -0.4 is 10.5 Å². The number of aryl methyl sites for hydroxylation is 2. The minimum Gasteiger partial charge on any atom is -0.493 e. The Morgan fingerprint density at radius 1 is 1.14 bits per heavy atom. The first-order valence-corrected chi connectivity index (χ1v) is 8.58. The Morgan fingerprint density at radius 2 is 1.82 bits per heavy atom. The van der Waals surface area contributed by atoms with Crippen molar-refractivity contribution in [3.8, 4) is 5.75 Å². The molecule has 3 N–H and O–H groups in total. The van der Waals surface area contributed by atoms with Gasteiger partial charge in [-0.15, -0.1) is 0 Å². The van der Waals surface area contributed by atoms with Crippen LogP contribution in [0, 0.1) is 13.8 Å². The van der Waals surface area contributed by atoms with Gasteiger partial charge in [-0.2, -0.15) is 0 Å². The summed E-state index contributed by atoms with van der Waals surface area (Å²) in [6, 6.07) is 4.19. The molecular weight excluding hydrogens is 274 g/mol. The smallest absolute Gasteiger partial charge is 0.122 e. The van der Waals surface area contributed by atoms with E-state index < -0.39 is 6.10 Å². The van der Waals surface area contributed by atoms with Crippen LogP contribution in [0.1, 0.15) is 69.1 Å². The highest BCUT2D eigenvalue weighted by atomic mass is 16.5. The molecule has 22 heavy (non-hydrogen) atoms. The molecule has 1 aromatic rings. The van der Waals surface area contributed by atoms with E-state index in [1.807, 2.05) is 0 Å². The summed E-state index contributed by atoms with van der Waals surface area (Å²) in [6.07, 6.45) is 3.16. The van der Waals surface area contributed by atoms with Crippen LogP contribution in [-0.2, 0) is 0 Å². The summed E-state index contributed by atoms with van der Waals surface area (Å²) < 4.78 is 5.78. The van der Waals surface area contributed by atoms with E-state index in [-0.39, 0.29) is 12.0 Å². The molecule has 3 heteroatoms. The first-order chi connectivity index (χ1) is 10.4. The molecule has 0 radical (unpaired) electrons. The van der Waals surface area contributed by atoms with Crippen LogP contribution in [0.5, 0.6) is 5.75 Å². The van der Waals surface area contributed by atoms with E-state index >= 15 is 0 Å². The molecule has 126 valence electrons. The third kappa shape index (κ3) is 5.29. The standard InChI is InChI=1S/C19H33NO2/c1-6-8-17(20)18(21)11-13(3)16-10-15(5)19(12-14(16)4)22-9-7-2/h10,12-13,17-18,21H,6-9,11,20H2,1-5H3. The number of hydrogen-bond donors (Lipinski definition) is 2. The lowest BCUT2D eigenvalue weighted by Crippen LogP contribution is -2.35. The normalized spacial score (nSPS) is 15.4. The molecule has 0 fully saturated rings. The van der Waals surface area contributed by atoms with Crippen molar-refractivity contribution in [3.05, 3.63) is 28.8 Å². The summed E-state index contributed by atoms with van der Waals surface area (Å²) in [5.41, 5.74) is 9.70. The van der Waals surface area contributed by atoms with Crippen LogP contribution in [-0.4, -0.2) is 23.9 Å². The van der Waals surface area contributed by atoms with Gasteiger partial charge in [0, 0.05) is 6.04 Å². The Bertz CT molecular complexity index is 459. The monoisotopic (exact) mass is 307 g/mol. The number of ether oxygens (including phenoxy) is 1. The zero-order valence-corrected chi connectivity index (χ0v) is 14.9. The van der Waals surface area contributed by atoms with Crippen molar-refractivity contribution >= 4 is 0 Å². The molecule has 3 atom stereocenters. The largest absolute Gasteiger partial charge is 0.493 e. The van der Waals surface area contributed by atoms with E-state index in [0.29, 0.717) is 6.42 Å². The van der Waals surface area contributed by atoms with E-state index in [0.717, 1.165) is 37.2 Å². The Kier molecular flexibility index (Phi) is 7.91. The van der Waals surface area contributed by atoms with Gasteiger partial charge in [0.1, 0.15) is 5.75 Å². The fourth-order valence-corrected chi connectivity index (χ4v) is 2.90. The molecule has 1 rings (SSSR count). The summed E-state index contributed by atoms with van der Waals surface area (Å²) >= 11 is 0. The number of benzene rings is 1. The number of hydrogen-bond acceptors (Lipinski definition) is 3. The second-order valence-electron chi connectivity index (χ2n) is 6.48. The van der Waals surface area contributed by atoms with Crippen molar-refractivity contribution in [1.82, 2.24) is 0 Å². The molecule has 0 aliphatic carbocycles. The predicted molar refractivity (Wildman–Crippen MR) is 93.6 cm³/mol. The SMILES string of the molecule is CCCOc1cc(C)c(C(C)CC(O)C(N)CCC)cc1C. The van der Waals surface area contributed by atoms with E-state index in [1.165, 1.54) is 11.1 Å². The fourth-order valence-electron chi connectivity index (χ4n) is 2.90. The number of aliphatic hydroxyl groups excluding tert-OH is 1. The van der Waals surface area contributed by atoms with Crippen molar-refractivity contribution in [2.24, 2.45) is 5.73 Å². The van der Waals surface area contributed by atoms with Crippen LogP contribution in [0.25, 0.3) is 0 Å². The van der Waals surface area contributed by atoms with Gasteiger partial charge < -0.3 is 15.6 Å².